The van der Waals surface area contributed by atoms with Gasteiger partial charge in [-0.25, -0.2) is 4.79 Å². The number of hydrogen-bond acceptors (Lipinski definition) is 6. The van der Waals surface area contributed by atoms with Gasteiger partial charge in [-0.05, 0) is 50.6 Å². The van der Waals surface area contributed by atoms with Crippen LogP contribution in [0.5, 0.6) is 0 Å². The lowest BCUT2D eigenvalue weighted by Gasteiger charge is -2.47. The summed E-state index contributed by atoms with van der Waals surface area (Å²) in [5.41, 5.74) is -0.421. The van der Waals surface area contributed by atoms with E-state index in [-0.39, 0.29) is 32.1 Å². The predicted octanol–water partition coefficient (Wildman–Crippen LogP) is 3.97. The van der Waals surface area contributed by atoms with Gasteiger partial charge in [0.25, 0.3) is 5.91 Å². The molecule has 1 fully saturated rings. The number of nitrogens with one attached hydrogen (secondary N) is 2. The van der Waals surface area contributed by atoms with Crippen LogP contribution in [-0.4, -0.2) is 48.4 Å². The fourth-order valence-electron chi connectivity index (χ4n) is 3.42. The lowest BCUT2D eigenvalue weighted by Crippen LogP contribution is -2.72. The first kappa shape index (κ1) is 25.7. The molecule has 1 atom stereocenters. The zero-order chi connectivity index (χ0) is 24.8. The Labute approximate surface area is 207 Å². The number of hydrogen-bond donors (Lipinski definition) is 2. The van der Waals surface area contributed by atoms with Crippen molar-refractivity contribution >= 4 is 33.9 Å². The van der Waals surface area contributed by atoms with Crippen LogP contribution in [0.2, 0.25) is 0 Å². The molecule has 2 N–H and O–H groups in total. The Balaban J connectivity index is 1.74. The van der Waals surface area contributed by atoms with Crippen molar-refractivity contribution in [3.63, 3.8) is 0 Å². The molecular formula is C25H29BrN2O6. The molecule has 2 aromatic carbocycles. The highest BCUT2D eigenvalue weighted by Gasteiger charge is 2.49. The molecule has 0 saturated carbocycles. The number of carbonyl (C=O) groups is 3. The van der Waals surface area contributed by atoms with Gasteiger partial charge < -0.3 is 24.8 Å². The average molecular weight is 533 g/mol. The zero-order valence-electron chi connectivity index (χ0n) is 19.4. The third-order valence-electron chi connectivity index (χ3n) is 5.15. The molecule has 2 amide bonds. The monoisotopic (exact) mass is 532 g/mol. The van der Waals surface area contributed by atoms with E-state index < -0.39 is 29.2 Å². The van der Waals surface area contributed by atoms with Gasteiger partial charge in [0, 0.05) is 10.0 Å². The van der Waals surface area contributed by atoms with Gasteiger partial charge >= 0.3 is 12.1 Å². The van der Waals surface area contributed by atoms with E-state index in [1.165, 1.54) is 0 Å². The maximum absolute atomic E-state index is 12.9. The Morgan fingerprint density at radius 2 is 1.71 bits per heavy atom. The predicted molar refractivity (Wildman–Crippen MR) is 129 cm³/mol. The van der Waals surface area contributed by atoms with Crippen LogP contribution in [0.15, 0.2) is 59.1 Å². The molecule has 2 aromatic rings. The molecule has 1 heterocycles. The molecule has 0 aliphatic carbocycles. The molecule has 0 bridgehead atoms. The van der Waals surface area contributed by atoms with Crippen LogP contribution in [0.1, 0.15) is 43.1 Å². The minimum Gasteiger partial charge on any atom is -0.460 e. The van der Waals surface area contributed by atoms with Crippen molar-refractivity contribution in [2.75, 3.05) is 13.2 Å². The molecule has 8 nitrogen and oxygen atoms in total. The maximum atomic E-state index is 12.9. The Kier molecular flexibility index (Phi) is 8.33. The molecule has 0 spiro atoms. The van der Waals surface area contributed by atoms with Crippen LogP contribution in [0, 0.1) is 0 Å². The summed E-state index contributed by atoms with van der Waals surface area (Å²) in [6.07, 6.45) is -0.872. The molecule has 9 heteroatoms. The average Bonchev–Trinajstić information content (AvgIpc) is 2.74. The summed E-state index contributed by atoms with van der Waals surface area (Å²) in [7, 11) is 0. The smallest absolute Gasteiger partial charge is 0.407 e. The fourth-order valence-corrected chi connectivity index (χ4v) is 3.69. The first-order chi connectivity index (χ1) is 16.1. The van der Waals surface area contributed by atoms with Crippen LogP contribution >= 0.6 is 15.9 Å². The number of alkyl carbamates (subject to hydrolysis) is 1. The summed E-state index contributed by atoms with van der Waals surface area (Å²) in [6, 6.07) is 15.3. The lowest BCUT2D eigenvalue weighted by molar-refractivity contribution is -0.158. The molecule has 0 aromatic heterocycles. The number of benzene rings is 2. The quantitative estimate of drug-likeness (QED) is 0.498. The van der Waals surface area contributed by atoms with E-state index in [1.807, 2.05) is 30.3 Å². The highest BCUT2D eigenvalue weighted by molar-refractivity contribution is 9.10. The molecule has 1 aliphatic heterocycles. The Bertz CT molecular complexity index is 1000. The normalized spacial score (nSPS) is 15.4. The minimum absolute atomic E-state index is 0.0700. The van der Waals surface area contributed by atoms with E-state index in [1.54, 1.807) is 45.0 Å². The first-order valence-corrected chi connectivity index (χ1v) is 11.7. The molecule has 0 unspecified atom stereocenters. The summed E-state index contributed by atoms with van der Waals surface area (Å²) < 4.78 is 17.0. The second kappa shape index (κ2) is 11.0. The van der Waals surface area contributed by atoms with Gasteiger partial charge in [-0.15, -0.1) is 0 Å². The second-order valence-electron chi connectivity index (χ2n) is 9.16. The van der Waals surface area contributed by atoms with Gasteiger partial charge in [-0.2, -0.15) is 0 Å². The lowest BCUT2D eigenvalue weighted by atomic mass is 9.85. The number of esters is 1. The van der Waals surface area contributed by atoms with Crippen LogP contribution in [0.25, 0.3) is 0 Å². The number of halogens is 1. The molecular weight excluding hydrogens is 504 g/mol. The third kappa shape index (κ3) is 7.30. The number of rotatable bonds is 8. The Hall–Kier alpha value is -2.91. The van der Waals surface area contributed by atoms with Gasteiger partial charge in [0.05, 0.1) is 25.7 Å². The molecule has 0 radical (unpaired) electrons. The van der Waals surface area contributed by atoms with Gasteiger partial charge in [0.1, 0.15) is 17.7 Å². The van der Waals surface area contributed by atoms with Crippen LogP contribution in [0.4, 0.5) is 4.79 Å². The number of carbonyl (C=O) groups excluding carboxylic acids is 3. The molecule has 1 saturated heterocycles. The van der Waals surface area contributed by atoms with Crippen molar-refractivity contribution in [1.29, 1.82) is 0 Å². The molecule has 34 heavy (non-hydrogen) atoms. The van der Waals surface area contributed by atoms with Crippen molar-refractivity contribution < 1.29 is 28.6 Å². The van der Waals surface area contributed by atoms with Gasteiger partial charge in [-0.1, -0.05) is 46.3 Å². The third-order valence-corrected chi connectivity index (χ3v) is 5.68. The van der Waals surface area contributed by atoms with Crippen molar-refractivity contribution in [3.05, 3.63) is 70.2 Å². The fraction of sp³-hybridized carbons (Fsp3) is 0.400. The zero-order valence-corrected chi connectivity index (χ0v) is 21.0. The SMILES string of the molecule is CC(C)(C)OC(=O)C[C@H](NC(=O)OCc1ccccc1)C1(NC(=O)c2ccc(Br)cc2)COC1. The van der Waals surface area contributed by atoms with Crippen LogP contribution in [0.3, 0.4) is 0 Å². The van der Waals surface area contributed by atoms with Crippen molar-refractivity contribution in [2.45, 2.75) is 51.0 Å². The number of amides is 2. The van der Waals surface area contributed by atoms with E-state index in [0.717, 1.165) is 10.0 Å². The standard InChI is InChI=1S/C25H29BrN2O6/c1-24(2,3)34-21(29)13-20(27-23(31)33-14-17-7-5-4-6-8-17)25(15-32-16-25)28-22(30)18-9-11-19(26)12-10-18/h4-12,20H,13-16H2,1-3H3,(H,27,31)(H,28,30)/t20-/m0/s1. The summed E-state index contributed by atoms with van der Waals surface area (Å²) in [5, 5.41) is 5.70. The van der Waals surface area contributed by atoms with Crippen LogP contribution < -0.4 is 10.6 Å². The van der Waals surface area contributed by atoms with E-state index >= 15 is 0 Å². The van der Waals surface area contributed by atoms with Gasteiger partial charge in [0.15, 0.2) is 0 Å². The highest BCUT2D eigenvalue weighted by atomic mass is 79.9. The number of ether oxygens (including phenoxy) is 3. The molecule has 1 aliphatic rings. The summed E-state index contributed by atoms with van der Waals surface area (Å²) in [4.78, 5) is 38.2. The van der Waals surface area contributed by atoms with E-state index in [9.17, 15) is 14.4 Å². The summed E-state index contributed by atoms with van der Waals surface area (Å²) in [6.45, 7) is 5.61. The van der Waals surface area contributed by atoms with E-state index in [4.69, 9.17) is 14.2 Å². The van der Waals surface area contributed by atoms with Gasteiger partial charge in [0.2, 0.25) is 0 Å². The molecule has 3 rings (SSSR count). The van der Waals surface area contributed by atoms with E-state index in [0.29, 0.717) is 5.56 Å². The van der Waals surface area contributed by atoms with Crippen molar-refractivity contribution in [2.24, 2.45) is 0 Å². The maximum Gasteiger partial charge on any atom is 0.407 e. The largest absolute Gasteiger partial charge is 0.460 e. The van der Waals surface area contributed by atoms with Crippen LogP contribution in [-0.2, 0) is 25.6 Å². The van der Waals surface area contributed by atoms with Crippen molar-refractivity contribution in [1.82, 2.24) is 10.6 Å². The summed E-state index contributed by atoms with van der Waals surface area (Å²) >= 11 is 3.35. The Morgan fingerprint density at radius 1 is 1.06 bits per heavy atom. The van der Waals surface area contributed by atoms with Crippen molar-refractivity contribution in [3.8, 4) is 0 Å². The highest BCUT2D eigenvalue weighted by Crippen LogP contribution is 2.26. The minimum atomic E-state index is -0.993. The first-order valence-electron chi connectivity index (χ1n) is 10.9. The van der Waals surface area contributed by atoms with E-state index in [2.05, 4.69) is 26.6 Å². The Morgan fingerprint density at radius 3 is 2.26 bits per heavy atom. The summed E-state index contributed by atoms with van der Waals surface area (Å²) in [5.74, 6) is -0.852. The van der Waals surface area contributed by atoms with Gasteiger partial charge in [-0.3, -0.25) is 9.59 Å². The topological polar surface area (TPSA) is 103 Å². The molecule has 182 valence electrons. The second-order valence-corrected chi connectivity index (χ2v) is 10.1.